The van der Waals surface area contributed by atoms with Crippen LogP contribution in [0.15, 0.2) is 24.3 Å². The Labute approximate surface area is 137 Å². The van der Waals surface area contributed by atoms with Crippen LogP contribution in [0.2, 0.25) is 0 Å². The highest BCUT2D eigenvalue weighted by Gasteiger charge is 2.31. The third-order valence-corrected chi connectivity index (χ3v) is 4.60. The zero-order valence-corrected chi connectivity index (χ0v) is 13.6. The van der Waals surface area contributed by atoms with Crippen LogP contribution in [0.25, 0.3) is 0 Å². The molecule has 1 atom stereocenters. The summed E-state index contributed by atoms with van der Waals surface area (Å²) >= 11 is 0. The van der Waals surface area contributed by atoms with Crippen molar-refractivity contribution in [1.82, 2.24) is 9.80 Å². The van der Waals surface area contributed by atoms with E-state index in [0.717, 1.165) is 32.2 Å². The zero-order chi connectivity index (χ0) is 14.7. The lowest BCUT2D eigenvalue weighted by atomic mass is 10.1. The third-order valence-electron chi connectivity index (χ3n) is 4.60. The maximum Gasteiger partial charge on any atom is 0.254 e. The molecule has 2 aliphatic rings. The molecular formula is C17H23ClN2O2. The Balaban J connectivity index is 0.00000176. The first-order chi connectivity index (χ1) is 10.3. The summed E-state index contributed by atoms with van der Waals surface area (Å²) < 4.78 is 0. The molecule has 0 N–H and O–H groups in total. The Kier molecular flexibility index (Phi) is 5.98. The standard InChI is InChI=1S/C17H22N2O2.ClH/c20-13-14-5-7-15(8-6-14)17(21)19-11-3-4-16(19)12-18-9-1-2-10-18;/h5-8,13,16H,1-4,9-12H2;1H/t16-;/m0./s1. The summed E-state index contributed by atoms with van der Waals surface area (Å²) in [5, 5.41) is 0. The van der Waals surface area contributed by atoms with E-state index in [1.807, 2.05) is 4.90 Å². The van der Waals surface area contributed by atoms with Crippen molar-refractivity contribution in [2.45, 2.75) is 31.7 Å². The fourth-order valence-electron chi connectivity index (χ4n) is 3.43. The van der Waals surface area contributed by atoms with Crippen molar-refractivity contribution >= 4 is 24.6 Å². The Hall–Kier alpha value is -1.39. The van der Waals surface area contributed by atoms with E-state index in [4.69, 9.17) is 0 Å². The molecule has 5 heteroatoms. The summed E-state index contributed by atoms with van der Waals surface area (Å²) in [5.74, 6) is 0.106. The second kappa shape index (κ2) is 7.75. The van der Waals surface area contributed by atoms with Gasteiger partial charge in [-0.1, -0.05) is 12.1 Å². The molecule has 0 spiro atoms. The summed E-state index contributed by atoms with van der Waals surface area (Å²) in [7, 11) is 0. The number of carbonyl (C=O) groups is 2. The van der Waals surface area contributed by atoms with Gasteiger partial charge in [-0.05, 0) is 50.9 Å². The van der Waals surface area contributed by atoms with Gasteiger partial charge in [0.1, 0.15) is 6.29 Å². The van der Waals surface area contributed by atoms with Crippen molar-refractivity contribution in [3.05, 3.63) is 35.4 Å². The van der Waals surface area contributed by atoms with Gasteiger partial charge in [-0.2, -0.15) is 0 Å². The van der Waals surface area contributed by atoms with Crippen LogP contribution >= 0.6 is 12.4 Å². The van der Waals surface area contributed by atoms with Gasteiger partial charge in [0.2, 0.25) is 0 Å². The second-order valence-electron chi connectivity index (χ2n) is 6.04. The van der Waals surface area contributed by atoms with Gasteiger partial charge in [-0.15, -0.1) is 12.4 Å². The van der Waals surface area contributed by atoms with E-state index in [9.17, 15) is 9.59 Å². The van der Waals surface area contributed by atoms with Gasteiger partial charge in [-0.25, -0.2) is 0 Å². The molecule has 1 aromatic carbocycles. The summed E-state index contributed by atoms with van der Waals surface area (Å²) in [6, 6.07) is 7.30. The van der Waals surface area contributed by atoms with Crippen LogP contribution in [-0.2, 0) is 0 Å². The van der Waals surface area contributed by atoms with Gasteiger partial charge < -0.3 is 9.80 Å². The maximum atomic E-state index is 12.6. The largest absolute Gasteiger partial charge is 0.334 e. The smallest absolute Gasteiger partial charge is 0.254 e. The molecule has 2 fully saturated rings. The van der Waals surface area contributed by atoms with Crippen LogP contribution in [0.4, 0.5) is 0 Å². The van der Waals surface area contributed by atoms with Crippen molar-refractivity contribution in [1.29, 1.82) is 0 Å². The molecule has 0 radical (unpaired) electrons. The number of halogens is 1. The van der Waals surface area contributed by atoms with Gasteiger partial charge >= 0.3 is 0 Å². The molecule has 1 aromatic rings. The van der Waals surface area contributed by atoms with Gasteiger partial charge in [0.05, 0.1) is 0 Å². The summed E-state index contributed by atoms with van der Waals surface area (Å²) in [6.07, 6.45) is 5.58. The summed E-state index contributed by atoms with van der Waals surface area (Å²) in [4.78, 5) is 27.8. The molecule has 22 heavy (non-hydrogen) atoms. The van der Waals surface area contributed by atoms with Gasteiger partial charge in [0, 0.05) is 30.3 Å². The minimum Gasteiger partial charge on any atom is -0.334 e. The van der Waals surface area contributed by atoms with Gasteiger partial charge in [-0.3, -0.25) is 9.59 Å². The van der Waals surface area contributed by atoms with E-state index in [2.05, 4.69) is 4.90 Å². The van der Waals surface area contributed by atoms with Crippen molar-refractivity contribution in [3.8, 4) is 0 Å². The fraction of sp³-hybridized carbons (Fsp3) is 0.529. The first-order valence-electron chi connectivity index (χ1n) is 7.86. The highest BCUT2D eigenvalue weighted by atomic mass is 35.5. The average molecular weight is 323 g/mol. The number of aldehydes is 1. The van der Waals surface area contributed by atoms with Crippen LogP contribution in [0, 0.1) is 0 Å². The molecule has 120 valence electrons. The van der Waals surface area contributed by atoms with Crippen LogP contribution < -0.4 is 0 Å². The highest BCUT2D eigenvalue weighted by Crippen LogP contribution is 2.22. The quantitative estimate of drug-likeness (QED) is 0.800. The molecular weight excluding hydrogens is 300 g/mol. The Morgan fingerprint density at radius 1 is 1.09 bits per heavy atom. The molecule has 0 aliphatic carbocycles. The second-order valence-corrected chi connectivity index (χ2v) is 6.04. The lowest BCUT2D eigenvalue weighted by molar-refractivity contribution is 0.0708. The van der Waals surface area contributed by atoms with Crippen LogP contribution in [-0.4, -0.2) is 54.2 Å². The van der Waals surface area contributed by atoms with Crippen LogP contribution in [0.1, 0.15) is 46.4 Å². The van der Waals surface area contributed by atoms with Crippen molar-refractivity contribution in [2.24, 2.45) is 0 Å². The monoisotopic (exact) mass is 322 g/mol. The SMILES string of the molecule is Cl.O=Cc1ccc(C(=O)N2CCC[C@H]2CN2CCCC2)cc1. The molecule has 0 unspecified atom stereocenters. The Morgan fingerprint density at radius 3 is 2.41 bits per heavy atom. The van der Waals surface area contributed by atoms with Crippen LogP contribution in [0.3, 0.4) is 0 Å². The fourth-order valence-corrected chi connectivity index (χ4v) is 3.43. The van der Waals surface area contributed by atoms with Gasteiger partial charge in [0.15, 0.2) is 0 Å². The van der Waals surface area contributed by atoms with E-state index in [1.54, 1.807) is 24.3 Å². The van der Waals surface area contributed by atoms with Crippen molar-refractivity contribution < 1.29 is 9.59 Å². The van der Waals surface area contributed by atoms with Gasteiger partial charge in [0.25, 0.3) is 5.91 Å². The van der Waals surface area contributed by atoms with Crippen molar-refractivity contribution in [2.75, 3.05) is 26.2 Å². The molecule has 0 saturated carbocycles. The summed E-state index contributed by atoms with van der Waals surface area (Å²) in [6.45, 7) is 4.21. The number of hydrogen-bond donors (Lipinski definition) is 0. The minimum atomic E-state index is 0. The molecule has 0 aromatic heterocycles. The van der Waals surface area contributed by atoms with E-state index >= 15 is 0 Å². The number of likely N-dealkylation sites (tertiary alicyclic amines) is 2. The van der Waals surface area contributed by atoms with E-state index in [1.165, 1.54) is 25.9 Å². The lowest BCUT2D eigenvalue weighted by Gasteiger charge is -2.28. The predicted molar refractivity (Wildman–Crippen MR) is 88.8 cm³/mol. The molecule has 0 bridgehead atoms. The Morgan fingerprint density at radius 2 is 1.77 bits per heavy atom. The third kappa shape index (κ3) is 3.68. The number of benzene rings is 1. The maximum absolute atomic E-state index is 12.6. The van der Waals surface area contributed by atoms with E-state index in [0.29, 0.717) is 17.2 Å². The molecule has 2 heterocycles. The minimum absolute atomic E-state index is 0. The number of carbonyl (C=O) groups excluding carboxylic acids is 2. The molecule has 2 aliphatic heterocycles. The van der Waals surface area contributed by atoms with Crippen LogP contribution in [0.5, 0.6) is 0 Å². The number of nitrogens with zero attached hydrogens (tertiary/aromatic N) is 2. The molecule has 3 rings (SSSR count). The lowest BCUT2D eigenvalue weighted by Crippen LogP contribution is -2.42. The highest BCUT2D eigenvalue weighted by molar-refractivity contribution is 5.95. The number of amides is 1. The average Bonchev–Trinajstić information content (AvgIpc) is 3.19. The number of rotatable bonds is 4. The topological polar surface area (TPSA) is 40.6 Å². The molecule has 1 amide bonds. The molecule has 2 saturated heterocycles. The zero-order valence-electron chi connectivity index (χ0n) is 12.7. The first-order valence-corrected chi connectivity index (χ1v) is 7.86. The number of hydrogen-bond acceptors (Lipinski definition) is 3. The van der Waals surface area contributed by atoms with E-state index < -0.39 is 0 Å². The molecule has 4 nitrogen and oxygen atoms in total. The first kappa shape index (κ1) is 17.0. The predicted octanol–water partition coefficient (Wildman–Crippen LogP) is 2.62. The van der Waals surface area contributed by atoms with E-state index in [-0.39, 0.29) is 18.3 Å². The summed E-state index contributed by atoms with van der Waals surface area (Å²) in [5.41, 5.74) is 1.30. The Bertz CT molecular complexity index is 512. The normalized spacial score (nSPS) is 21.6. The van der Waals surface area contributed by atoms with Crippen molar-refractivity contribution in [3.63, 3.8) is 0 Å².